The van der Waals surface area contributed by atoms with Crippen molar-refractivity contribution in [1.29, 1.82) is 0 Å². The Morgan fingerprint density at radius 2 is 1.91 bits per heavy atom. The summed E-state index contributed by atoms with van der Waals surface area (Å²) in [6, 6.07) is 11.1. The van der Waals surface area contributed by atoms with Crippen LogP contribution in [-0.2, 0) is 12.6 Å². The average molecular weight is 443 g/mol. The SMILES string of the molecule is C=C(Oc1ccc2c(c1)CC[C@@H]1[C@@H]2CC[C@]2(C)[C@@H](O)CC[C@@H]12)c1cccc(C(F)(F)F)c1. The van der Waals surface area contributed by atoms with E-state index < -0.39 is 11.7 Å². The Hall–Kier alpha value is -2.27. The highest BCUT2D eigenvalue weighted by Crippen LogP contribution is 2.61. The molecular weight excluding hydrogens is 413 g/mol. The predicted molar refractivity (Wildman–Crippen MR) is 118 cm³/mol. The molecule has 0 radical (unpaired) electrons. The van der Waals surface area contributed by atoms with Gasteiger partial charge in [-0.05, 0) is 97.1 Å². The van der Waals surface area contributed by atoms with E-state index in [1.165, 1.54) is 17.2 Å². The third-order valence-electron chi connectivity index (χ3n) is 8.40. The number of aliphatic hydroxyl groups is 1. The van der Waals surface area contributed by atoms with Crippen molar-refractivity contribution >= 4 is 5.76 Å². The molecular formula is C27H29F3O2. The van der Waals surface area contributed by atoms with Crippen LogP contribution in [0, 0.1) is 17.3 Å². The van der Waals surface area contributed by atoms with Crippen molar-refractivity contribution in [3.63, 3.8) is 0 Å². The highest BCUT2D eigenvalue weighted by Gasteiger charge is 2.54. The van der Waals surface area contributed by atoms with Crippen molar-refractivity contribution in [3.05, 3.63) is 71.3 Å². The number of benzene rings is 2. The van der Waals surface area contributed by atoms with Crippen LogP contribution in [-0.4, -0.2) is 11.2 Å². The molecule has 1 N–H and O–H groups in total. The molecule has 2 nitrogen and oxygen atoms in total. The third kappa shape index (κ3) is 3.55. The summed E-state index contributed by atoms with van der Waals surface area (Å²) in [6.45, 7) is 6.13. The summed E-state index contributed by atoms with van der Waals surface area (Å²) >= 11 is 0. The molecule has 2 aromatic rings. The summed E-state index contributed by atoms with van der Waals surface area (Å²) in [5.41, 5.74) is 2.32. The molecule has 5 heteroatoms. The van der Waals surface area contributed by atoms with Crippen molar-refractivity contribution in [2.45, 2.75) is 63.6 Å². The first-order chi connectivity index (χ1) is 15.2. The van der Waals surface area contributed by atoms with Crippen molar-refractivity contribution in [3.8, 4) is 5.75 Å². The number of alkyl halides is 3. The van der Waals surface area contributed by atoms with Gasteiger partial charge in [0.25, 0.3) is 0 Å². The predicted octanol–water partition coefficient (Wildman–Crippen LogP) is 6.97. The van der Waals surface area contributed by atoms with Crippen LogP contribution in [0.5, 0.6) is 5.75 Å². The van der Waals surface area contributed by atoms with E-state index in [0.717, 1.165) is 50.7 Å². The van der Waals surface area contributed by atoms with Gasteiger partial charge in [-0.1, -0.05) is 31.7 Å². The molecule has 0 spiro atoms. The van der Waals surface area contributed by atoms with Gasteiger partial charge in [-0.3, -0.25) is 0 Å². The monoisotopic (exact) mass is 442 g/mol. The van der Waals surface area contributed by atoms with E-state index in [0.29, 0.717) is 29.1 Å². The fourth-order valence-electron chi connectivity index (χ4n) is 6.66. The first kappa shape index (κ1) is 21.6. The van der Waals surface area contributed by atoms with Gasteiger partial charge < -0.3 is 9.84 Å². The van der Waals surface area contributed by atoms with Gasteiger partial charge in [0.1, 0.15) is 11.5 Å². The Morgan fingerprint density at radius 3 is 2.69 bits per heavy atom. The van der Waals surface area contributed by atoms with Crippen LogP contribution in [0.2, 0.25) is 0 Å². The minimum Gasteiger partial charge on any atom is -0.457 e. The van der Waals surface area contributed by atoms with Crippen LogP contribution in [0.25, 0.3) is 5.76 Å². The van der Waals surface area contributed by atoms with Gasteiger partial charge in [-0.2, -0.15) is 13.2 Å². The van der Waals surface area contributed by atoms with Crippen LogP contribution in [0.15, 0.2) is 49.0 Å². The van der Waals surface area contributed by atoms with Gasteiger partial charge in [0.15, 0.2) is 0 Å². The first-order valence-electron chi connectivity index (χ1n) is 11.5. The molecule has 3 aliphatic rings. The Balaban J connectivity index is 1.34. The van der Waals surface area contributed by atoms with Crippen LogP contribution in [0.4, 0.5) is 13.2 Å². The van der Waals surface area contributed by atoms with Crippen molar-refractivity contribution < 1.29 is 23.0 Å². The highest BCUT2D eigenvalue weighted by molar-refractivity contribution is 5.61. The normalized spacial score (nSPS) is 31.4. The molecule has 5 rings (SSSR count). The molecule has 0 aromatic heterocycles. The van der Waals surface area contributed by atoms with Crippen molar-refractivity contribution in [2.24, 2.45) is 17.3 Å². The fourth-order valence-corrected chi connectivity index (χ4v) is 6.66. The van der Waals surface area contributed by atoms with Gasteiger partial charge in [-0.25, -0.2) is 0 Å². The van der Waals surface area contributed by atoms with Crippen LogP contribution in [0.1, 0.15) is 67.2 Å². The number of fused-ring (bicyclic) bond motifs is 5. The Kier molecular flexibility index (Phi) is 5.16. The van der Waals surface area contributed by atoms with E-state index >= 15 is 0 Å². The lowest BCUT2D eigenvalue weighted by Crippen LogP contribution is -2.43. The summed E-state index contributed by atoms with van der Waals surface area (Å²) in [5, 5.41) is 10.6. The molecule has 0 saturated heterocycles. The largest absolute Gasteiger partial charge is 0.457 e. The zero-order chi connectivity index (χ0) is 22.7. The quantitative estimate of drug-likeness (QED) is 0.520. The summed E-state index contributed by atoms with van der Waals surface area (Å²) in [4.78, 5) is 0. The average Bonchev–Trinajstić information content (AvgIpc) is 3.07. The number of aliphatic hydroxyl groups excluding tert-OH is 1. The third-order valence-corrected chi connectivity index (χ3v) is 8.40. The second-order valence-corrected chi connectivity index (χ2v) is 10.0. The highest BCUT2D eigenvalue weighted by atomic mass is 19.4. The maximum atomic E-state index is 13.0. The Bertz CT molecular complexity index is 1040. The Labute approximate surface area is 187 Å². The molecule has 0 aliphatic heterocycles. The van der Waals surface area contributed by atoms with E-state index in [1.807, 2.05) is 12.1 Å². The maximum absolute atomic E-state index is 13.0. The minimum atomic E-state index is -4.40. The molecule has 5 atom stereocenters. The lowest BCUT2D eigenvalue weighted by Gasteiger charge is -2.50. The van der Waals surface area contributed by atoms with Gasteiger partial charge >= 0.3 is 6.18 Å². The summed E-state index contributed by atoms with van der Waals surface area (Å²) < 4.78 is 44.9. The van der Waals surface area contributed by atoms with Crippen LogP contribution < -0.4 is 4.74 Å². The second-order valence-electron chi connectivity index (χ2n) is 10.0. The number of hydrogen-bond donors (Lipinski definition) is 1. The van der Waals surface area contributed by atoms with Gasteiger partial charge in [-0.15, -0.1) is 0 Å². The van der Waals surface area contributed by atoms with Gasteiger partial charge in [0, 0.05) is 5.56 Å². The topological polar surface area (TPSA) is 29.5 Å². The maximum Gasteiger partial charge on any atom is 0.416 e. The molecule has 32 heavy (non-hydrogen) atoms. The van der Waals surface area contributed by atoms with Crippen LogP contribution >= 0.6 is 0 Å². The smallest absolute Gasteiger partial charge is 0.416 e. The zero-order valence-electron chi connectivity index (χ0n) is 18.3. The number of ether oxygens (including phenoxy) is 1. The summed E-state index contributed by atoms with van der Waals surface area (Å²) in [7, 11) is 0. The summed E-state index contributed by atoms with van der Waals surface area (Å²) in [6.07, 6.45) is 1.70. The van der Waals surface area contributed by atoms with E-state index in [-0.39, 0.29) is 17.3 Å². The van der Waals surface area contributed by atoms with Gasteiger partial charge in [0.2, 0.25) is 0 Å². The molecule has 0 amide bonds. The Morgan fingerprint density at radius 1 is 1.09 bits per heavy atom. The lowest BCUT2D eigenvalue weighted by atomic mass is 9.55. The number of halogens is 3. The minimum absolute atomic E-state index is 0.0599. The van der Waals surface area contributed by atoms with E-state index in [2.05, 4.69) is 19.6 Å². The first-order valence-corrected chi connectivity index (χ1v) is 11.5. The molecule has 0 unspecified atom stereocenters. The number of rotatable bonds is 3. The molecule has 0 heterocycles. The molecule has 0 bridgehead atoms. The van der Waals surface area contributed by atoms with Crippen molar-refractivity contribution in [2.75, 3.05) is 0 Å². The molecule has 2 aromatic carbocycles. The number of hydrogen-bond acceptors (Lipinski definition) is 2. The molecule has 2 saturated carbocycles. The fraction of sp³-hybridized carbons (Fsp3) is 0.481. The van der Waals surface area contributed by atoms with Crippen molar-refractivity contribution in [1.82, 2.24) is 0 Å². The zero-order valence-corrected chi connectivity index (χ0v) is 18.3. The molecule has 2 fully saturated rings. The lowest BCUT2D eigenvalue weighted by molar-refractivity contribution is -0.137. The molecule has 170 valence electrons. The second kappa shape index (κ2) is 7.65. The van der Waals surface area contributed by atoms with E-state index in [9.17, 15) is 18.3 Å². The van der Waals surface area contributed by atoms with E-state index in [1.54, 1.807) is 6.07 Å². The standard InChI is InChI=1S/C27H29F3O2/c1-16(17-4-3-5-19(14-17)27(28,29)30)32-20-7-9-21-18(15-20)6-8-23-22(21)12-13-26(2)24(23)10-11-25(26)31/h3-5,7,9,14-15,22-25,31H,1,6,8,10-13H2,2H3/t22-,23-,24+,25+,26+/m1/s1. The molecule has 3 aliphatic carbocycles. The van der Waals surface area contributed by atoms with Gasteiger partial charge in [0.05, 0.1) is 11.7 Å². The van der Waals surface area contributed by atoms with E-state index in [4.69, 9.17) is 4.74 Å². The van der Waals surface area contributed by atoms with Crippen LogP contribution in [0.3, 0.4) is 0 Å². The number of aryl methyl sites for hydroxylation is 1. The summed E-state index contributed by atoms with van der Waals surface area (Å²) in [5.74, 6) is 2.54.